The van der Waals surface area contributed by atoms with Crippen molar-refractivity contribution in [3.63, 3.8) is 0 Å². The van der Waals surface area contributed by atoms with Gasteiger partial charge in [0.2, 0.25) is 0 Å². The molecule has 4 aliphatic rings. The van der Waals surface area contributed by atoms with Crippen LogP contribution >= 0.6 is 0 Å². The van der Waals surface area contributed by atoms with E-state index in [0.717, 1.165) is 30.3 Å². The topological polar surface area (TPSA) is 6.48 Å². The zero-order chi connectivity index (χ0) is 24.1. The number of unbranched alkanes of at least 4 members (excludes halogenated alkanes) is 5. The zero-order valence-corrected chi connectivity index (χ0v) is 23.9. The average molecular weight is 487 g/mol. The lowest BCUT2D eigenvalue weighted by Crippen LogP contribution is -2.62. The summed E-state index contributed by atoms with van der Waals surface area (Å²) < 4.78 is 0. The number of hydrogen-bond acceptors (Lipinski definition) is 2. The molecular weight excluding hydrogens is 424 g/mol. The molecule has 0 atom stereocenters. The lowest BCUT2D eigenvalue weighted by molar-refractivity contribution is -0.0916. The second-order valence-corrected chi connectivity index (χ2v) is 13.1. The first-order valence-electron chi connectivity index (χ1n) is 16.9. The Morgan fingerprint density at radius 2 is 0.743 bits per heavy atom. The standard InChI is InChI=1S/C33H62N2/c1-2-3-4-5-6-19-28-33(34(29-20-11-7-12-21-29)30-22-13-8-14-23-30)35(31-24-15-9-16-25-31)32-26-17-10-18-27-32/h29-33H,2-28H2,1H3. The molecule has 0 aliphatic heterocycles. The average Bonchev–Trinajstić information content (AvgIpc) is 2.93. The Balaban J connectivity index is 1.58. The van der Waals surface area contributed by atoms with Crippen LogP contribution in [0.4, 0.5) is 0 Å². The van der Waals surface area contributed by atoms with E-state index in [0.29, 0.717) is 0 Å². The molecule has 2 nitrogen and oxygen atoms in total. The highest BCUT2D eigenvalue weighted by Crippen LogP contribution is 2.39. The van der Waals surface area contributed by atoms with Crippen molar-refractivity contribution in [3.8, 4) is 0 Å². The van der Waals surface area contributed by atoms with Crippen molar-refractivity contribution in [2.45, 2.75) is 211 Å². The summed E-state index contributed by atoms with van der Waals surface area (Å²) in [7, 11) is 0. The van der Waals surface area contributed by atoms with Gasteiger partial charge in [0.15, 0.2) is 0 Å². The maximum atomic E-state index is 3.27. The summed E-state index contributed by atoms with van der Waals surface area (Å²) in [6, 6.07) is 3.52. The van der Waals surface area contributed by atoms with Gasteiger partial charge >= 0.3 is 0 Å². The van der Waals surface area contributed by atoms with E-state index in [2.05, 4.69) is 16.7 Å². The van der Waals surface area contributed by atoms with Crippen molar-refractivity contribution in [2.75, 3.05) is 0 Å². The van der Waals surface area contributed by atoms with Crippen molar-refractivity contribution < 1.29 is 0 Å². The van der Waals surface area contributed by atoms with E-state index in [1.165, 1.54) is 173 Å². The molecule has 0 unspecified atom stereocenters. The third-order valence-corrected chi connectivity index (χ3v) is 10.5. The summed E-state index contributed by atoms with van der Waals surface area (Å²) in [6.45, 7) is 2.36. The van der Waals surface area contributed by atoms with Crippen LogP contribution in [0.5, 0.6) is 0 Å². The molecule has 0 radical (unpaired) electrons. The molecule has 2 heteroatoms. The minimum absolute atomic E-state index is 0.749. The lowest BCUT2D eigenvalue weighted by Gasteiger charge is -2.55. The van der Waals surface area contributed by atoms with Crippen molar-refractivity contribution in [2.24, 2.45) is 0 Å². The van der Waals surface area contributed by atoms with Crippen LogP contribution in [0.25, 0.3) is 0 Å². The summed E-state index contributed by atoms with van der Waals surface area (Å²) in [4.78, 5) is 6.54. The normalized spacial score (nSPS) is 24.7. The lowest BCUT2D eigenvalue weighted by atomic mass is 9.84. The predicted molar refractivity (Wildman–Crippen MR) is 153 cm³/mol. The van der Waals surface area contributed by atoms with Crippen molar-refractivity contribution in [1.82, 2.24) is 9.80 Å². The molecule has 204 valence electrons. The molecule has 4 aliphatic carbocycles. The highest BCUT2D eigenvalue weighted by atomic mass is 15.4. The van der Waals surface area contributed by atoms with Gasteiger partial charge in [0.05, 0.1) is 6.17 Å². The fourth-order valence-corrected chi connectivity index (χ4v) is 8.65. The van der Waals surface area contributed by atoms with E-state index >= 15 is 0 Å². The Morgan fingerprint density at radius 1 is 0.429 bits per heavy atom. The van der Waals surface area contributed by atoms with Crippen LogP contribution in [0, 0.1) is 0 Å². The Morgan fingerprint density at radius 3 is 1.09 bits per heavy atom. The Kier molecular flexibility index (Phi) is 12.8. The van der Waals surface area contributed by atoms with Gasteiger partial charge in [-0.1, -0.05) is 122 Å². The van der Waals surface area contributed by atoms with Crippen molar-refractivity contribution >= 4 is 0 Å². The molecule has 0 heterocycles. The van der Waals surface area contributed by atoms with E-state index in [9.17, 15) is 0 Å². The van der Waals surface area contributed by atoms with Gasteiger partial charge in [-0.15, -0.1) is 0 Å². The summed E-state index contributed by atoms with van der Waals surface area (Å²) in [5.74, 6) is 0. The van der Waals surface area contributed by atoms with E-state index in [-0.39, 0.29) is 0 Å². The van der Waals surface area contributed by atoms with Gasteiger partial charge in [-0.25, -0.2) is 0 Å². The van der Waals surface area contributed by atoms with Crippen LogP contribution in [0.1, 0.15) is 180 Å². The first-order chi connectivity index (χ1) is 17.4. The Hall–Kier alpha value is -0.0800. The Labute approximate surface area is 220 Å². The molecule has 0 bridgehead atoms. The van der Waals surface area contributed by atoms with Gasteiger partial charge < -0.3 is 0 Å². The highest BCUT2D eigenvalue weighted by Gasteiger charge is 2.41. The van der Waals surface area contributed by atoms with Gasteiger partial charge in [-0.05, 0) is 57.8 Å². The molecule has 35 heavy (non-hydrogen) atoms. The van der Waals surface area contributed by atoms with Gasteiger partial charge in [0.25, 0.3) is 0 Å². The third-order valence-electron chi connectivity index (χ3n) is 10.5. The van der Waals surface area contributed by atoms with Crippen molar-refractivity contribution in [3.05, 3.63) is 0 Å². The van der Waals surface area contributed by atoms with Gasteiger partial charge in [-0.3, -0.25) is 9.80 Å². The van der Waals surface area contributed by atoms with E-state index in [1.54, 1.807) is 0 Å². The summed E-state index contributed by atoms with van der Waals surface area (Å²) in [5, 5.41) is 0. The minimum atomic E-state index is 0.749. The first-order valence-corrected chi connectivity index (χ1v) is 16.9. The minimum Gasteiger partial charge on any atom is -0.282 e. The molecule has 0 aromatic rings. The van der Waals surface area contributed by atoms with Crippen LogP contribution in [-0.4, -0.2) is 40.1 Å². The van der Waals surface area contributed by atoms with E-state index < -0.39 is 0 Å². The van der Waals surface area contributed by atoms with Gasteiger partial charge in [0.1, 0.15) is 0 Å². The Bertz CT molecular complexity index is 447. The SMILES string of the molecule is CCCCCCCCC(N(C1CCCCC1)C1CCCCC1)N(C1CCCCC1)C1CCCCC1. The molecule has 4 fully saturated rings. The second kappa shape index (κ2) is 16.0. The van der Waals surface area contributed by atoms with E-state index in [4.69, 9.17) is 0 Å². The second-order valence-electron chi connectivity index (χ2n) is 13.1. The molecule has 0 amide bonds. The summed E-state index contributed by atoms with van der Waals surface area (Å²) in [5.41, 5.74) is 0. The molecule has 0 spiro atoms. The van der Waals surface area contributed by atoms with Crippen LogP contribution < -0.4 is 0 Å². The highest BCUT2D eigenvalue weighted by molar-refractivity contribution is 4.94. The number of rotatable bonds is 13. The maximum absolute atomic E-state index is 3.27. The first kappa shape index (κ1) is 27.9. The zero-order valence-electron chi connectivity index (χ0n) is 23.9. The number of nitrogens with zero attached hydrogens (tertiary/aromatic N) is 2. The van der Waals surface area contributed by atoms with Crippen LogP contribution in [0.3, 0.4) is 0 Å². The van der Waals surface area contributed by atoms with Crippen LogP contribution in [0.2, 0.25) is 0 Å². The molecule has 4 rings (SSSR count). The molecule has 0 aromatic carbocycles. The largest absolute Gasteiger partial charge is 0.282 e. The van der Waals surface area contributed by atoms with Gasteiger partial charge in [0, 0.05) is 24.2 Å². The molecule has 0 aromatic heterocycles. The van der Waals surface area contributed by atoms with E-state index in [1.807, 2.05) is 0 Å². The summed E-state index contributed by atoms with van der Waals surface area (Å²) in [6.07, 6.45) is 40.7. The smallest absolute Gasteiger partial charge is 0.0632 e. The fourth-order valence-electron chi connectivity index (χ4n) is 8.65. The predicted octanol–water partition coefficient (Wildman–Crippen LogP) is 10.00. The van der Waals surface area contributed by atoms with Crippen molar-refractivity contribution in [1.29, 1.82) is 0 Å². The molecular formula is C33H62N2. The number of hydrogen-bond donors (Lipinski definition) is 0. The third kappa shape index (κ3) is 8.46. The fraction of sp³-hybridized carbons (Fsp3) is 1.00. The van der Waals surface area contributed by atoms with Gasteiger partial charge in [-0.2, -0.15) is 0 Å². The summed E-state index contributed by atoms with van der Waals surface area (Å²) >= 11 is 0. The van der Waals surface area contributed by atoms with Crippen LogP contribution in [0.15, 0.2) is 0 Å². The molecule has 4 saturated carbocycles. The maximum Gasteiger partial charge on any atom is 0.0632 e. The molecule has 0 N–H and O–H groups in total. The monoisotopic (exact) mass is 486 g/mol. The van der Waals surface area contributed by atoms with Crippen LogP contribution in [-0.2, 0) is 0 Å². The quantitative estimate of drug-likeness (QED) is 0.189. The molecule has 0 saturated heterocycles.